The van der Waals surface area contributed by atoms with Crippen molar-refractivity contribution in [1.29, 1.82) is 0 Å². The van der Waals surface area contributed by atoms with E-state index in [9.17, 15) is 5.11 Å². The minimum Gasteiger partial charge on any atom is -0.388 e. The van der Waals surface area contributed by atoms with E-state index in [1.165, 1.54) is 11.1 Å². The zero-order valence-electron chi connectivity index (χ0n) is 11.9. The van der Waals surface area contributed by atoms with E-state index in [0.29, 0.717) is 11.7 Å². The number of aryl methyl sites for hydroxylation is 1. The molecule has 1 aromatic carbocycles. The maximum absolute atomic E-state index is 9.39. The summed E-state index contributed by atoms with van der Waals surface area (Å²) < 4.78 is 2.11. The van der Waals surface area contributed by atoms with Gasteiger partial charge >= 0.3 is 0 Å². The molecule has 1 aliphatic carbocycles. The van der Waals surface area contributed by atoms with Crippen LogP contribution in [0.15, 0.2) is 24.3 Å². The van der Waals surface area contributed by atoms with Gasteiger partial charge in [0.25, 0.3) is 0 Å². The van der Waals surface area contributed by atoms with E-state index >= 15 is 0 Å². The highest BCUT2D eigenvalue weighted by molar-refractivity contribution is 5.31. The van der Waals surface area contributed by atoms with Crippen LogP contribution in [0.25, 0.3) is 0 Å². The van der Waals surface area contributed by atoms with Gasteiger partial charge in [-0.1, -0.05) is 31.2 Å². The summed E-state index contributed by atoms with van der Waals surface area (Å²) in [4.78, 5) is 0. The number of aliphatic hydroxyl groups excluding tert-OH is 1. The molecule has 0 spiro atoms. The Kier molecular flexibility index (Phi) is 3.83. The Balaban J connectivity index is 1.89. The predicted molar refractivity (Wildman–Crippen MR) is 77.4 cm³/mol. The van der Waals surface area contributed by atoms with Crippen molar-refractivity contribution in [2.45, 2.75) is 51.7 Å². The van der Waals surface area contributed by atoms with Crippen LogP contribution in [0.5, 0.6) is 0 Å². The van der Waals surface area contributed by atoms with Gasteiger partial charge in [0.1, 0.15) is 12.4 Å². The van der Waals surface area contributed by atoms with Crippen molar-refractivity contribution in [3.63, 3.8) is 0 Å². The minimum atomic E-state index is -0.0314. The Bertz CT molecular complexity index is 591. The van der Waals surface area contributed by atoms with E-state index in [1.807, 2.05) is 0 Å². The number of rotatable bonds is 4. The molecule has 4 nitrogen and oxygen atoms in total. The van der Waals surface area contributed by atoms with Gasteiger partial charge in [-0.25, -0.2) is 0 Å². The Morgan fingerprint density at radius 1 is 1.25 bits per heavy atom. The van der Waals surface area contributed by atoms with Gasteiger partial charge in [0.05, 0.1) is 0 Å². The fraction of sp³-hybridized carbons (Fsp3) is 0.500. The summed E-state index contributed by atoms with van der Waals surface area (Å²) in [6, 6.07) is 8.66. The Hall–Kier alpha value is -1.68. The first-order valence-corrected chi connectivity index (χ1v) is 7.43. The number of hydrogen-bond donors (Lipinski definition) is 1. The van der Waals surface area contributed by atoms with Crippen LogP contribution in [0, 0.1) is 0 Å². The number of nitrogens with zero attached hydrogens (tertiary/aromatic N) is 3. The molecule has 0 saturated carbocycles. The molecule has 0 amide bonds. The highest BCUT2D eigenvalue weighted by Gasteiger charge is 2.25. The van der Waals surface area contributed by atoms with Crippen LogP contribution in [0.3, 0.4) is 0 Å². The van der Waals surface area contributed by atoms with Crippen LogP contribution in [-0.2, 0) is 26.0 Å². The van der Waals surface area contributed by atoms with Gasteiger partial charge in [0.15, 0.2) is 5.82 Å². The average Bonchev–Trinajstić information content (AvgIpc) is 2.90. The molecule has 1 N–H and O–H groups in total. The highest BCUT2D eigenvalue weighted by atomic mass is 16.3. The summed E-state index contributed by atoms with van der Waals surface area (Å²) in [5.74, 6) is 2.16. The van der Waals surface area contributed by atoms with Crippen LogP contribution >= 0.6 is 0 Å². The van der Waals surface area contributed by atoms with Crippen molar-refractivity contribution in [3.8, 4) is 0 Å². The second kappa shape index (κ2) is 5.75. The highest BCUT2D eigenvalue weighted by Crippen LogP contribution is 2.32. The van der Waals surface area contributed by atoms with Crippen LogP contribution in [0.1, 0.15) is 48.5 Å². The molecule has 1 unspecified atom stereocenters. The lowest BCUT2D eigenvalue weighted by molar-refractivity contribution is 0.263. The third-order valence-corrected chi connectivity index (χ3v) is 4.16. The largest absolute Gasteiger partial charge is 0.388 e. The van der Waals surface area contributed by atoms with Crippen molar-refractivity contribution in [3.05, 3.63) is 47.0 Å². The van der Waals surface area contributed by atoms with E-state index < -0.39 is 0 Å². The molecule has 0 aliphatic heterocycles. The van der Waals surface area contributed by atoms with Crippen molar-refractivity contribution in [1.82, 2.24) is 14.8 Å². The number of aliphatic hydroxyl groups is 1. The van der Waals surface area contributed by atoms with Gasteiger partial charge in [-0.05, 0) is 36.8 Å². The standard InChI is InChI=1S/C16H21N3O/c1-2-9-19-15(11-20)17-18-16(19)14-8-7-12-5-3-4-6-13(12)10-14/h3-6,14,20H,2,7-11H2,1H3. The second-order valence-electron chi connectivity index (χ2n) is 5.49. The summed E-state index contributed by atoms with van der Waals surface area (Å²) in [5, 5.41) is 17.9. The van der Waals surface area contributed by atoms with E-state index in [4.69, 9.17) is 0 Å². The van der Waals surface area contributed by atoms with Crippen LogP contribution in [0.4, 0.5) is 0 Å². The van der Waals surface area contributed by atoms with E-state index in [-0.39, 0.29) is 6.61 Å². The summed E-state index contributed by atoms with van der Waals surface area (Å²) in [6.07, 6.45) is 4.28. The first-order valence-electron chi connectivity index (χ1n) is 7.43. The quantitative estimate of drug-likeness (QED) is 0.929. The Morgan fingerprint density at radius 3 is 2.80 bits per heavy atom. The van der Waals surface area contributed by atoms with Crippen molar-refractivity contribution >= 4 is 0 Å². The molecular weight excluding hydrogens is 250 g/mol. The first-order chi connectivity index (χ1) is 9.83. The van der Waals surface area contributed by atoms with Crippen LogP contribution in [0.2, 0.25) is 0 Å². The molecule has 0 fully saturated rings. The molecule has 20 heavy (non-hydrogen) atoms. The summed E-state index contributed by atoms with van der Waals surface area (Å²) in [7, 11) is 0. The molecule has 3 rings (SSSR count). The van der Waals surface area contributed by atoms with Crippen LogP contribution < -0.4 is 0 Å². The van der Waals surface area contributed by atoms with Gasteiger partial charge in [-0.3, -0.25) is 0 Å². The van der Waals surface area contributed by atoms with Crippen LogP contribution in [-0.4, -0.2) is 19.9 Å². The van der Waals surface area contributed by atoms with Gasteiger partial charge in [-0.15, -0.1) is 10.2 Å². The molecular formula is C16H21N3O. The Morgan fingerprint density at radius 2 is 2.05 bits per heavy atom. The van der Waals surface area contributed by atoms with Crippen molar-refractivity contribution in [2.24, 2.45) is 0 Å². The number of hydrogen-bond acceptors (Lipinski definition) is 3. The van der Waals surface area contributed by atoms with Gasteiger partial charge in [-0.2, -0.15) is 0 Å². The zero-order valence-corrected chi connectivity index (χ0v) is 11.9. The lowest BCUT2D eigenvalue weighted by Crippen LogP contribution is -2.18. The molecule has 4 heteroatoms. The molecule has 1 heterocycles. The SMILES string of the molecule is CCCn1c(CO)nnc1C1CCc2ccccc2C1. The van der Waals surface area contributed by atoms with E-state index in [1.54, 1.807) is 0 Å². The summed E-state index contributed by atoms with van der Waals surface area (Å²) in [6.45, 7) is 2.99. The summed E-state index contributed by atoms with van der Waals surface area (Å²) >= 11 is 0. The fourth-order valence-corrected chi connectivity index (χ4v) is 3.15. The molecule has 0 radical (unpaired) electrons. The van der Waals surface area contributed by atoms with Gasteiger partial charge in [0.2, 0.25) is 0 Å². The molecule has 0 saturated heterocycles. The maximum Gasteiger partial charge on any atom is 0.158 e. The Labute approximate surface area is 119 Å². The minimum absolute atomic E-state index is 0.0314. The van der Waals surface area contributed by atoms with Gasteiger partial charge < -0.3 is 9.67 Å². The van der Waals surface area contributed by atoms with Crippen molar-refractivity contribution < 1.29 is 5.11 Å². The molecule has 2 aromatic rings. The third-order valence-electron chi connectivity index (χ3n) is 4.16. The average molecular weight is 271 g/mol. The molecule has 0 bridgehead atoms. The normalized spacial score (nSPS) is 18.0. The lowest BCUT2D eigenvalue weighted by atomic mass is 9.83. The number of aromatic nitrogens is 3. The monoisotopic (exact) mass is 271 g/mol. The first kappa shape index (κ1) is 13.3. The predicted octanol–water partition coefficient (Wildman–Crippen LogP) is 2.45. The molecule has 1 aliphatic rings. The zero-order chi connectivity index (χ0) is 13.9. The second-order valence-corrected chi connectivity index (χ2v) is 5.49. The van der Waals surface area contributed by atoms with Crippen molar-refractivity contribution in [2.75, 3.05) is 0 Å². The molecule has 1 aromatic heterocycles. The summed E-state index contributed by atoms with van der Waals surface area (Å²) in [5.41, 5.74) is 2.90. The smallest absolute Gasteiger partial charge is 0.158 e. The van der Waals surface area contributed by atoms with E-state index in [2.05, 4.69) is 46.0 Å². The van der Waals surface area contributed by atoms with Gasteiger partial charge in [0, 0.05) is 12.5 Å². The lowest BCUT2D eigenvalue weighted by Gasteiger charge is -2.24. The molecule has 106 valence electrons. The topological polar surface area (TPSA) is 50.9 Å². The number of fused-ring (bicyclic) bond motifs is 1. The fourth-order valence-electron chi connectivity index (χ4n) is 3.15. The number of benzene rings is 1. The third kappa shape index (κ3) is 2.36. The molecule has 1 atom stereocenters. The maximum atomic E-state index is 9.39. The van der Waals surface area contributed by atoms with E-state index in [0.717, 1.165) is 38.1 Å².